The number of aryl methyl sites for hydroxylation is 1. The average molecular weight is 336 g/mol. The van der Waals surface area contributed by atoms with Crippen molar-refractivity contribution < 1.29 is 13.2 Å². The Bertz CT molecular complexity index is 761. The molecule has 124 valence electrons. The molecule has 1 aromatic heterocycles. The first kappa shape index (κ1) is 16.1. The van der Waals surface area contributed by atoms with Crippen molar-refractivity contribution in [2.45, 2.75) is 36.8 Å². The number of hydrogen-bond acceptors (Lipinski definition) is 5. The molecule has 8 heteroatoms. The van der Waals surface area contributed by atoms with Crippen LogP contribution in [0.3, 0.4) is 0 Å². The van der Waals surface area contributed by atoms with Gasteiger partial charge < -0.3 is 4.74 Å². The van der Waals surface area contributed by atoms with E-state index in [2.05, 4.69) is 15.2 Å². The van der Waals surface area contributed by atoms with E-state index in [4.69, 9.17) is 4.74 Å². The average Bonchev–Trinajstić information content (AvgIpc) is 3.23. The van der Waals surface area contributed by atoms with Crippen molar-refractivity contribution in [3.63, 3.8) is 0 Å². The highest BCUT2D eigenvalue weighted by Gasteiger charge is 2.42. The van der Waals surface area contributed by atoms with E-state index in [-0.39, 0.29) is 6.10 Å². The number of rotatable bonds is 5. The SMILES string of the molecule is CCc1cccc(S(=O)(=O)N2C[C@H](OC)C[C@H]2c2ncn[nH]2)c1. The van der Waals surface area contributed by atoms with Gasteiger partial charge in [-0.25, -0.2) is 13.4 Å². The van der Waals surface area contributed by atoms with Crippen LogP contribution in [0.5, 0.6) is 0 Å². The summed E-state index contributed by atoms with van der Waals surface area (Å²) in [6.07, 6.45) is 2.57. The molecule has 0 amide bonds. The predicted octanol–water partition coefficient (Wildman–Crippen LogP) is 1.52. The van der Waals surface area contributed by atoms with Gasteiger partial charge in [0, 0.05) is 13.7 Å². The molecule has 0 aliphatic carbocycles. The third-order valence-electron chi connectivity index (χ3n) is 4.21. The molecular weight excluding hydrogens is 316 g/mol. The number of nitrogens with one attached hydrogen (secondary N) is 1. The lowest BCUT2D eigenvalue weighted by molar-refractivity contribution is 0.114. The molecule has 23 heavy (non-hydrogen) atoms. The second-order valence-electron chi connectivity index (χ2n) is 5.56. The Balaban J connectivity index is 1.99. The molecule has 0 spiro atoms. The normalized spacial score (nSPS) is 22.5. The molecule has 0 saturated carbocycles. The monoisotopic (exact) mass is 336 g/mol. The number of ether oxygens (including phenoxy) is 1. The topological polar surface area (TPSA) is 88.2 Å². The van der Waals surface area contributed by atoms with Gasteiger partial charge in [0.05, 0.1) is 17.0 Å². The van der Waals surface area contributed by atoms with Gasteiger partial charge in [-0.15, -0.1) is 0 Å². The fourth-order valence-electron chi connectivity index (χ4n) is 2.89. The summed E-state index contributed by atoms with van der Waals surface area (Å²) in [5.74, 6) is 0.541. The van der Waals surface area contributed by atoms with E-state index >= 15 is 0 Å². The highest BCUT2D eigenvalue weighted by molar-refractivity contribution is 7.89. The van der Waals surface area contributed by atoms with Gasteiger partial charge in [-0.05, 0) is 30.5 Å². The molecule has 3 rings (SSSR count). The highest BCUT2D eigenvalue weighted by atomic mass is 32.2. The summed E-state index contributed by atoms with van der Waals surface area (Å²) in [6.45, 7) is 2.31. The van der Waals surface area contributed by atoms with E-state index in [9.17, 15) is 8.42 Å². The smallest absolute Gasteiger partial charge is 0.243 e. The zero-order valence-electron chi connectivity index (χ0n) is 13.1. The summed E-state index contributed by atoms with van der Waals surface area (Å²) in [6, 6.07) is 6.67. The lowest BCUT2D eigenvalue weighted by Crippen LogP contribution is -2.32. The number of methoxy groups -OCH3 is 1. The predicted molar refractivity (Wildman–Crippen MR) is 84.2 cm³/mol. The first-order valence-electron chi connectivity index (χ1n) is 7.55. The van der Waals surface area contributed by atoms with Gasteiger partial charge >= 0.3 is 0 Å². The molecule has 0 unspecified atom stereocenters. The minimum absolute atomic E-state index is 0.158. The van der Waals surface area contributed by atoms with E-state index in [1.807, 2.05) is 13.0 Å². The summed E-state index contributed by atoms with van der Waals surface area (Å²) < 4.78 is 33.0. The maximum atomic E-state index is 13.1. The second-order valence-corrected chi connectivity index (χ2v) is 7.45. The second kappa shape index (κ2) is 6.38. The van der Waals surface area contributed by atoms with Crippen LogP contribution in [0.1, 0.15) is 30.8 Å². The van der Waals surface area contributed by atoms with E-state index < -0.39 is 16.1 Å². The van der Waals surface area contributed by atoms with Crippen LogP contribution < -0.4 is 0 Å². The molecule has 1 N–H and O–H groups in total. The Morgan fingerprint density at radius 1 is 1.43 bits per heavy atom. The molecule has 2 atom stereocenters. The van der Waals surface area contributed by atoms with Gasteiger partial charge in [0.25, 0.3) is 0 Å². The zero-order valence-corrected chi connectivity index (χ0v) is 14.0. The molecule has 7 nitrogen and oxygen atoms in total. The van der Waals surface area contributed by atoms with Crippen LogP contribution in [-0.2, 0) is 21.2 Å². The number of benzene rings is 1. The van der Waals surface area contributed by atoms with Crippen LogP contribution in [0, 0.1) is 0 Å². The van der Waals surface area contributed by atoms with Crippen LogP contribution in [0.25, 0.3) is 0 Å². The molecular formula is C15H20N4O3S. The Hall–Kier alpha value is -1.77. The lowest BCUT2D eigenvalue weighted by Gasteiger charge is -2.22. The van der Waals surface area contributed by atoms with Gasteiger partial charge in [-0.1, -0.05) is 19.1 Å². The first-order valence-corrected chi connectivity index (χ1v) is 8.99. The van der Waals surface area contributed by atoms with Crippen molar-refractivity contribution in [2.24, 2.45) is 0 Å². The number of H-pyrrole nitrogens is 1. The Morgan fingerprint density at radius 3 is 2.91 bits per heavy atom. The minimum Gasteiger partial charge on any atom is -0.380 e. The molecule has 1 fully saturated rings. The van der Waals surface area contributed by atoms with E-state index in [0.717, 1.165) is 12.0 Å². The zero-order chi connectivity index (χ0) is 16.4. The maximum Gasteiger partial charge on any atom is 0.243 e. The molecule has 2 heterocycles. The summed E-state index contributed by atoms with van der Waals surface area (Å²) in [5.41, 5.74) is 0.991. The fourth-order valence-corrected chi connectivity index (χ4v) is 4.60. The standard InChI is InChI=1S/C15H20N4O3S/c1-3-11-5-4-6-13(7-11)23(20,21)19-9-12(22-2)8-14(19)15-16-10-17-18-15/h4-7,10,12,14H,3,8-9H2,1-2H3,(H,16,17,18)/t12-,14+/m1/s1. The van der Waals surface area contributed by atoms with Crippen LogP contribution in [-0.4, -0.2) is 47.7 Å². The molecule has 1 aliphatic rings. The Morgan fingerprint density at radius 2 is 2.26 bits per heavy atom. The van der Waals surface area contributed by atoms with Crippen LogP contribution >= 0.6 is 0 Å². The van der Waals surface area contributed by atoms with Crippen molar-refractivity contribution in [3.05, 3.63) is 42.0 Å². The van der Waals surface area contributed by atoms with Crippen molar-refractivity contribution in [2.75, 3.05) is 13.7 Å². The molecule has 1 saturated heterocycles. The fraction of sp³-hybridized carbons (Fsp3) is 0.467. The van der Waals surface area contributed by atoms with Crippen LogP contribution in [0.2, 0.25) is 0 Å². The number of hydrogen-bond donors (Lipinski definition) is 1. The van der Waals surface area contributed by atoms with Gasteiger partial charge in [0.1, 0.15) is 12.2 Å². The van der Waals surface area contributed by atoms with Crippen molar-refractivity contribution >= 4 is 10.0 Å². The van der Waals surface area contributed by atoms with Crippen molar-refractivity contribution in [1.82, 2.24) is 19.5 Å². The lowest BCUT2D eigenvalue weighted by atomic mass is 10.2. The number of aromatic amines is 1. The van der Waals surface area contributed by atoms with Crippen LogP contribution in [0.15, 0.2) is 35.5 Å². The van der Waals surface area contributed by atoms with Gasteiger partial charge in [0.2, 0.25) is 10.0 Å². The minimum atomic E-state index is -3.62. The third kappa shape index (κ3) is 3.01. The first-order chi connectivity index (χ1) is 11.1. The van der Waals surface area contributed by atoms with Crippen molar-refractivity contribution in [3.8, 4) is 0 Å². The summed E-state index contributed by atoms with van der Waals surface area (Å²) in [4.78, 5) is 4.43. The van der Waals surface area contributed by atoms with Crippen LogP contribution in [0.4, 0.5) is 0 Å². The number of nitrogens with zero attached hydrogens (tertiary/aromatic N) is 3. The van der Waals surface area contributed by atoms with E-state index in [0.29, 0.717) is 23.7 Å². The largest absolute Gasteiger partial charge is 0.380 e. The molecule has 0 radical (unpaired) electrons. The molecule has 1 aromatic carbocycles. The molecule has 0 bridgehead atoms. The highest BCUT2D eigenvalue weighted by Crippen LogP contribution is 2.36. The molecule has 2 aromatic rings. The molecule has 1 aliphatic heterocycles. The summed E-state index contributed by atoms with van der Waals surface area (Å²) in [5, 5.41) is 6.61. The summed E-state index contributed by atoms with van der Waals surface area (Å²) in [7, 11) is -2.03. The third-order valence-corrected chi connectivity index (χ3v) is 6.08. The quantitative estimate of drug-likeness (QED) is 0.894. The Labute approximate surface area is 135 Å². The van der Waals surface area contributed by atoms with Crippen molar-refractivity contribution in [1.29, 1.82) is 0 Å². The number of aromatic nitrogens is 3. The number of sulfonamides is 1. The van der Waals surface area contributed by atoms with Gasteiger partial charge in [-0.2, -0.15) is 9.40 Å². The Kier molecular flexibility index (Phi) is 4.47. The summed E-state index contributed by atoms with van der Waals surface area (Å²) >= 11 is 0. The van der Waals surface area contributed by atoms with E-state index in [1.165, 1.54) is 10.6 Å². The van der Waals surface area contributed by atoms with Gasteiger partial charge in [-0.3, -0.25) is 5.10 Å². The van der Waals surface area contributed by atoms with Gasteiger partial charge in [0.15, 0.2) is 0 Å². The van der Waals surface area contributed by atoms with E-state index in [1.54, 1.807) is 25.3 Å². The maximum absolute atomic E-state index is 13.1.